The van der Waals surface area contributed by atoms with Gasteiger partial charge in [-0.15, -0.1) is 0 Å². The molecule has 27 heavy (non-hydrogen) atoms. The number of aliphatic hydroxyl groups is 1. The van der Waals surface area contributed by atoms with E-state index >= 15 is 0 Å². The molecule has 0 aliphatic heterocycles. The van der Waals surface area contributed by atoms with Gasteiger partial charge in [-0.25, -0.2) is 0 Å². The van der Waals surface area contributed by atoms with E-state index < -0.39 is 6.10 Å². The third kappa shape index (κ3) is 7.68. The van der Waals surface area contributed by atoms with Crippen LogP contribution in [0.5, 0.6) is 11.5 Å². The molecule has 1 fully saturated rings. The highest BCUT2D eigenvalue weighted by Gasteiger charge is 2.14. The van der Waals surface area contributed by atoms with Crippen molar-refractivity contribution in [2.24, 2.45) is 5.92 Å². The Labute approximate surface area is 165 Å². The van der Waals surface area contributed by atoms with Crippen molar-refractivity contribution in [3.63, 3.8) is 0 Å². The van der Waals surface area contributed by atoms with Crippen molar-refractivity contribution < 1.29 is 14.6 Å². The van der Waals surface area contributed by atoms with E-state index in [0.717, 1.165) is 37.8 Å². The van der Waals surface area contributed by atoms with Crippen molar-refractivity contribution in [1.29, 1.82) is 0 Å². The molecule has 1 atom stereocenters. The van der Waals surface area contributed by atoms with Crippen LogP contribution < -0.4 is 14.8 Å². The summed E-state index contributed by atoms with van der Waals surface area (Å²) in [4.78, 5) is 2.19. The Morgan fingerprint density at radius 1 is 1.15 bits per heavy atom. The third-order valence-corrected chi connectivity index (χ3v) is 5.51. The van der Waals surface area contributed by atoms with E-state index in [0.29, 0.717) is 12.3 Å². The van der Waals surface area contributed by atoms with E-state index in [4.69, 9.17) is 9.47 Å². The van der Waals surface area contributed by atoms with Gasteiger partial charge in [0.1, 0.15) is 12.7 Å². The Bertz CT molecular complexity index is 528. The Morgan fingerprint density at radius 2 is 1.89 bits per heavy atom. The van der Waals surface area contributed by atoms with Crippen molar-refractivity contribution in [2.75, 3.05) is 39.9 Å². The molecular weight excluding hydrogens is 340 g/mol. The molecule has 0 heterocycles. The molecule has 1 aliphatic rings. The van der Waals surface area contributed by atoms with Gasteiger partial charge in [0.15, 0.2) is 11.5 Å². The SMILES string of the molecule is CCN(CC)C[C@H](O)COc1ccc(CNCC2CCCCC2)cc1OC. The molecule has 0 radical (unpaired) electrons. The summed E-state index contributed by atoms with van der Waals surface area (Å²) in [5, 5.41) is 13.8. The molecule has 0 amide bonds. The van der Waals surface area contributed by atoms with Crippen LogP contribution in [0.4, 0.5) is 0 Å². The average Bonchev–Trinajstić information content (AvgIpc) is 2.71. The average molecular weight is 379 g/mol. The van der Waals surface area contributed by atoms with E-state index in [1.807, 2.05) is 12.1 Å². The van der Waals surface area contributed by atoms with Crippen LogP contribution in [0.2, 0.25) is 0 Å². The fourth-order valence-electron chi connectivity index (χ4n) is 3.77. The van der Waals surface area contributed by atoms with Gasteiger partial charge in [0.05, 0.1) is 7.11 Å². The van der Waals surface area contributed by atoms with E-state index in [9.17, 15) is 5.11 Å². The lowest BCUT2D eigenvalue weighted by Gasteiger charge is -2.22. The molecule has 0 unspecified atom stereocenters. The first-order valence-corrected chi connectivity index (χ1v) is 10.6. The summed E-state index contributed by atoms with van der Waals surface area (Å²) in [7, 11) is 1.66. The molecule has 0 spiro atoms. The monoisotopic (exact) mass is 378 g/mol. The van der Waals surface area contributed by atoms with E-state index in [-0.39, 0.29) is 6.61 Å². The van der Waals surface area contributed by atoms with Gasteiger partial charge in [0, 0.05) is 13.1 Å². The minimum atomic E-state index is -0.508. The van der Waals surface area contributed by atoms with Crippen LogP contribution in [-0.2, 0) is 6.54 Å². The molecular formula is C22H38N2O3. The highest BCUT2D eigenvalue weighted by atomic mass is 16.5. The molecule has 154 valence electrons. The van der Waals surface area contributed by atoms with Crippen molar-refractivity contribution in [3.05, 3.63) is 23.8 Å². The lowest BCUT2D eigenvalue weighted by Crippen LogP contribution is -2.35. The largest absolute Gasteiger partial charge is 0.493 e. The maximum atomic E-state index is 10.2. The van der Waals surface area contributed by atoms with Crippen LogP contribution in [0.1, 0.15) is 51.5 Å². The lowest BCUT2D eigenvalue weighted by atomic mass is 9.89. The number of nitrogens with zero attached hydrogens (tertiary/aromatic N) is 1. The van der Waals surface area contributed by atoms with Crippen molar-refractivity contribution >= 4 is 0 Å². The maximum Gasteiger partial charge on any atom is 0.161 e. The summed E-state index contributed by atoms with van der Waals surface area (Å²) in [6.07, 6.45) is 6.38. The van der Waals surface area contributed by atoms with Gasteiger partial charge in [-0.2, -0.15) is 0 Å². The number of aliphatic hydroxyl groups excluding tert-OH is 1. The zero-order valence-corrected chi connectivity index (χ0v) is 17.4. The van der Waals surface area contributed by atoms with E-state index in [2.05, 4.69) is 30.1 Å². The highest BCUT2D eigenvalue weighted by Crippen LogP contribution is 2.28. The number of rotatable bonds is 12. The summed E-state index contributed by atoms with van der Waals surface area (Å²) in [5.74, 6) is 2.24. The quantitative estimate of drug-likeness (QED) is 0.583. The second kappa shape index (κ2) is 12.2. The van der Waals surface area contributed by atoms with Gasteiger partial charge in [0.2, 0.25) is 0 Å². The third-order valence-electron chi connectivity index (χ3n) is 5.51. The topological polar surface area (TPSA) is 54.0 Å². The molecule has 2 N–H and O–H groups in total. The van der Waals surface area contributed by atoms with Crippen LogP contribution in [0.3, 0.4) is 0 Å². The van der Waals surface area contributed by atoms with Gasteiger partial charge in [-0.05, 0) is 56.1 Å². The molecule has 0 saturated heterocycles. The Morgan fingerprint density at radius 3 is 2.56 bits per heavy atom. The van der Waals surface area contributed by atoms with Gasteiger partial charge < -0.3 is 24.8 Å². The Kier molecular flexibility index (Phi) is 9.95. The predicted octanol–water partition coefficient (Wildman–Crippen LogP) is 3.45. The van der Waals surface area contributed by atoms with E-state index in [1.165, 1.54) is 37.7 Å². The van der Waals surface area contributed by atoms with Crippen LogP contribution in [0, 0.1) is 5.92 Å². The van der Waals surface area contributed by atoms with Crippen LogP contribution >= 0.6 is 0 Å². The molecule has 1 aliphatic carbocycles. The van der Waals surface area contributed by atoms with Crippen molar-refractivity contribution in [2.45, 2.75) is 58.6 Å². The number of benzene rings is 1. The van der Waals surface area contributed by atoms with E-state index in [1.54, 1.807) is 7.11 Å². The van der Waals surface area contributed by atoms with Crippen molar-refractivity contribution in [3.8, 4) is 11.5 Å². The van der Waals surface area contributed by atoms with Gasteiger partial charge >= 0.3 is 0 Å². The van der Waals surface area contributed by atoms with Gasteiger partial charge in [0.25, 0.3) is 0 Å². The molecule has 0 bridgehead atoms. The molecule has 1 aromatic carbocycles. The standard InChI is InChI=1S/C22H38N2O3/c1-4-24(5-2)16-20(25)17-27-21-12-11-19(13-22(21)26-3)15-23-14-18-9-7-6-8-10-18/h11-13,18,20,23,25H,4-10,14-17H2,1-3H3/t20-/m0/s1. The van der Waals surface area contributed by atoms with Crippen LogP contribution in [-0.4, -0.2) is 56.0 Å². The second-order valence-corrected chi connectivity index (χ2v) is 7.57. The minimum Gasteiger partial charge on any atom is -0.493 e. The summed E-state index contributed by atoms with van der Waals surface area (Å²) in [6, 6.07) is 6.04. The predicted molar refractivity (Wildman–Crippen MR) is 111 cm³/mol. The number of methoxy groups -OCH3 is 1. The summed E-state index contributed by atoms with van der Waals surface area (Å²) < 4.78 is 11.3. The van der Waals surface area contributed by atoms with Gasteiger partial charge in [-0.3, -0.25) is 0 Å². The summed E-state index contributed by atoms with van der Waals surface area (Å²) in [6.45, 7) is 8.89. The molecule has 5 nitrogen and oxygen atoms in total. The maximum absolute atomic E-state index is 10.2. The number of nitrogens with one attached hydrogen (secondary N) is 1. The molecule has 1 aromatic rings. The zero-order valence-electron chi connectivity index (χ0n) is 17.4. The molecule has 5 heteroatoms. The Balaban J connectivity index is 1.80. The summed E-state index contributed by atoms with van der Waals surface area (Å²) in [5.41, 5.74) is 1.19. The number of ether oxygens (including phenoxy) is 2. The van der Waals surface area contributed by atoms with Crippen molar-refractivity contribution in [1.82, 2.24) is 10.2 Å². The smallest absolute Gasteiger partial charge is 0.161 e. The first-order chi connectivity index (χ1) is 13.2. The normalized spacial score (nSPS) is 16.5. The number of likely N-dealkylation sites (N-methyl/N-ethyl adjacent to an activating group) is 1. The molecule has 1 saturated carbocycles. The molecule has 2 rings (SSSR count). The first-order valence-electron chi connectivity index (χ1n) is 10.6. The Hall–Kier alpha value is -1.30. The number of hydrogen-bond donors (Lipinski definition) is 2. The van der Waals surface area contributed by atoms with Gasteiger partial charge in [-0.1, -0.05) is 39.2 Å². The highest BCUT2D eigenvalue weighted by molar-refractivity contribution is 5.43. The van der Waals surface area contributed by atoms with Crippen LogP contribution in [0.25, 0.3) is 0 Å². The van der Waals surface area contributed by atoms with Crippen LogP contribution in [0.15, 0.2) is 18.2 Å². The fraction of sp³-hybridized carbons (Fsp3) is 0.727. The summed E-state index contributed by atoms with van der Waals surface area (Å²) >= 11 is 0. The minimum absolute atomic E-state index is 0.270. The second-order valence-electron chi connectivity index (χ2n) is 7.57. The first kappa shape index (κ1) is 22.0. The fourth-order valence-corrected chi connectivity index (χ4v) is 3.77. The number of hydrogen-bond acceptors (Lipinski definition) is 5. The zero-order chi connectivity index (χ0) is 19.5. The molecule has 0 aromatic heterocycles. The lowest BCUT2D eigenvalue weighted by molar-refractivity contribution is 0.0705.